The van der Waals surface area contributed by atoms with Crippen molar-refractivity contribution in [2.45, 2.75) is 0 Å². The van der Waals surface area contributed by atoms with E-state index in [1.807, 2.05) is 0 Å². The van der Waals surface area contributed by atoms with Crippen LogP contribution in [0.25, 0.3) is 0 Å². The normalized spacial score (nSPS) is 5.67. The second-order valence-corrected chi connectivity index (χ2v) is 1.07. The molecule has 0 aliphatic rings. The van der Waals surface area contributed by atoms with Crippen molar-refractivity contribution in [3.8, 4) is 0 Å². The smallest absolute Gasteiger partial charge is 0.209 e. The van der Waals surface area contributed by atoms with Gasteiger partial charge in [-0.1, -0.05) is 0 Å². The molecule has 0 aromatic heterocycles. The largest absolute Gasteiger partial charge is 0.351 e. The number of nitrogens with zero attached hydrogens (tertiary/aromatic N) is 1. The summed E-state index contributed by atoms with van der Waals surface area (Å²) in [5.41, 5.74) is 0. The Kier molecular flexibility index (Phi) is 7.61. The summed E-state index contributed by atoms with van der Waals surface area (Å²) in [5, 5.41) is 0. The first-order chi connectivity index (χ1) is 2.27. The Labute approximate surface area is 41.1 Å². The first-order valence-corrected chi connectivity index (χ1v) is 1.39. The van der Waals surface area contributed by atoms with Crippen LogP contribution in [0.3, 0.4) is 0 Å². The Morgan fingerprint density at radius 3 is 1.67 bits per heavy atom. The zero-order chi connectivity index (χ0) is 4.28. The highest BCUT2D eigenvalue weighted by molar-refractivity contribution is 6.92. The molecule has 0 atom stereocenters. The van der Waals surface area contributed by atoms with E-state index >= 15 is 0 Å². The van der Waals surface area contributed by atoms with Crippen LogP contribution in [0.1, 0.15) is 0 Å². The lowest BCUT2D eigenvalue weighted by Gasteiger charge is -1.93. The SMILES string of the molecule is CN(C)C=O.[P]. The van der Waals surface area contributed by atoms with Crippen LogP contribution in [-0.4, -0.2) is 25.4 Å². The molecule has 1 amide bonds. The van der Waals surface area contributed by atoms with Crippen LogP contribution in [0, 0.1) is 0 Å². The average Bonchev–Trinajstić information content (AvgIpc) is 1.38. The van der Waals surface area contributed by atoms with E-state index in [9.17, 15) is 4.79 Å². The molecule has 0 rings (SSSR count). The summed E-state index contributed by atoms with van der Waals surface area (Å²) in [6.07, 6.45) is 0.750. The average molecular weight is 104 g/mol. The fraction of sp³-hybridized carbons (Fsp3) is 0.667. The Morgan fingerprint density at radius 1 is 1.50 bits per heavy atom. The summed E-state index contributed by atoms with van der Waals surface area (Å²) in [4.78, 5) is 10.9. The number of carbonyl (C=O) groups is 1. The van der Waals surface area contributed by atoms with E-state index < -0.39 is 0 Å². The molecule has 3 heteroatoms. The number of amides is 1. The predicted molar refractivity (Wildman–Crippen MR) is 26.7 cm³/mol. The summed E-state index contributed by atoms with van der Waals surface area (Å²) >= 11 is 0. The molecule has 6 heavy (non-hydrogen) atoms. The van der Waals surface area contributed by atoms with Gasteiger partial charge in [0.2, 0.25) is 6.41 Å². The summed E-state index contributed by atoms with van der Waals surface area (Å²) in [7, 11) is 3.38. The van der Waals surface area contributed by atoms with Gasteiger partial charge in [-0.05, 0) is 0 Å². The number of carbonyl (C=O) groups excluding carboxylic acids is 1. The highest BCUT2D eigenvalue weighted by Gasteiger charge is 1.68. The van der Waals surface area contributed by atoms with Gasteiger partial charge in [0, 0.05) is 24.0 Å². The molecule has 0 aliphatic heterocycles. The van der Waals surface area contributed by atoms with Crippen LogP contribution in [0.4, 0.5) is 0 Å². The molecule has 2 nitrogen and oxygen atoms in total. The molecular weight excluding hydrogens is 97.0 g/mol. The van der Waals surface area contributed by atoms with Gasteiger partial charge in [0.25, 0.3) is 0 Å². The molecule has 35 valence electrons. The third kappa shape index (κ3) is 9.09. The van der Waals surface area contributed by atoms with Crippen molar-refractivity contribution in [1.82, 2.24) is 4.90 Å². The van der Waals surface area contributed by atoms with Crippen LogP contribution >= 0.6 is 9.90 Å². The standard InChI is InChI=1S/C3H7NO.P/c1-4(2)3-5;/h3H,1-2H3;. The van der Waals surface area contributed by atoms with Gasteiger partial charge in [0.1, 0.15) is 0 Å². The molecule has 0 unspecified atom stereocenters. The van der Waals surface area contributed by atoms with Crippen molar-refractivity contribution in [3.05, 3.63) is 0 Å². The molecule has 0 heterocycles. The minimum absolute atomic E-state index is 0. The van der Waals surface area contributed by atoms with Gasteiger partial charge in [-0.15, -0.1) is 0 Å². The molecule has 0 aromatic rings. The minimum atomic E-state index is 0. The molecule has 0 aromatic carbocycles. The number of hydrogen-bond donors (Lipinski definition) is 0. The quantitative estimate of drug-likeness (QED) is 0.351. The molecule has 0 fully saturated rings. The zero-order valence-electron chi connectivity index (χ0n) is 3.88. The lowest BCUT2D eigenvalue weighted by molar-refractivity contribution is -0.115. The van der Waals surface area contributed by atoms with E-state index in [1.165, 1.54) is 4.90 Å². The monoisotopic (exact) mass is 104 g/mol. The molecule has 0 saturated heterocycles. The molecule has 3 radical (unpaired) electrons. The Bertz CT molecular complexity index is 37.8. The van der Waals surface area contributed by atoms with Crippen LogP contribution < -0.4 is 0 Å². The minimum Gasteiger partial charge on any atom is -0.351 e. The molecule has 0 saturated carbocycles. The molecule has 0 aliphatic carbocycles. The third-order valence-corrected chi connectivity index (χ3v) is 0.211. The third-order valence-electron chi connectivity index (χ3n) is 0.211. The molecular formula is C3H7NOP. The van der Waals surface area contributed by atoms with Gasteiger partial charge in [-0.3, -0.25) is 4.79 Å². The van der Waals surface area contributed by atoms with Crippen LogP contribution in [-0.2, 0) is 4.79 Å². The van der Waals surface area contributed by atoms with E-state index in [1.54, 1.807) is 14.1 Å². The van der Waals surface area contributed by atoms with Crippen molar-refractivity contribution in [1.29, 1.82) is 0 Å². The highest BCUT2D eigenvalue weighted by Crippen LogP contribution is 1.52. The van der Waals surface area contributed by atoms with Crippen LogP contribution in [0.5, 0.6) is 0 Å². The maximum Gasteiger partial charge on any atom is 0.209 e. The Hall–Kier alpha value is -0.100. The van der Waals surface area contributed by atoms with E-state index in [-0.39, 0.29) is 9.90 Å². The van der Waals surface area contributed by atoms with Crippen molar-refractivity contribution >= 4 is 16.3 Å². The van der Waals surface area contributed by atoms with E-state index in [0.717, 1.165) is 6.41 Å². The van der Waals surface area contributed by atoms with Crippen molar-refractivity contribution in [3.63, 3.8) is 0 Å². The van der Waals surface area contributed by atoms with Crippen molar-refractivity contribution < 1.29 is 4.79 Å². The van der Waals surface area contributed by atoms with Crippen molar-refractivity contribution in [2.75, 3.05) is 14.1 Å². The maximum absolute atomic E-state index is 9.43. The zero-order valence-corrected chi connectivity index (χ0v) is 4.77. The lowest BCUT2D eigenvalue weighted by Crippen LogP contribution is -2.06. The fourth-order valence-electron chi connectivity index (χ4n) is 0. The maximum atomic E-state index is 9.43. The van der Waals surface area contributed by atoms with Gasteiger partial charge < -0.3 is 4.90 Å². The van der Waals surface area contributed by atoms with Gasteiger partial charge in [0.15, 0.2) is 0 Å². The van der Waals surface area contributed by atoms with Gasteiger partial charge in [-0.2, -0.15) is 0 Å². The van der Waals surface area contributed by atoms with E-state index in [2.05, 4.69) is 0 Å². The second-order valence-electron chi connectivity index (χ2n) is 1.07. The second kappa shape index (κ2) is 4.90. The van der Waals surface area contributed by atoms with Gasteiger partial charge in [0.05, 0.1) is 0 Å². The summed E-state index contributed by atoms with van der Waals surface area (Å²) < 4.78 is 0. The number of hydrogen-bond acceptors (Lipinski definition) is 1. The predicted octanol–water partition coefficient (Wildman–Crippen LogP) is 0.566. The first kappa shape index (κ1) is 9.31. The van der Waals surface area contributed by atoms with Crippen LogP contribution in [0.15, 0.2) is 0 Å². The molecule has 0 N–H and O–H groups in total. The lowest BCUT2D eigenvalue weighted by atomic mass is 11.0. The molecule has 0 bridgehead atoms. The van der Waals surface area contributed by atoms with E-state index in [4.69, 9.17) is 0 Å². The topological polar surface area (TPSA) is 20.3 Å². The number of rotatable bonds is 1. The summed E-state index contributed by atoms with van der Waals surface area (Å²) in [5.74, 6) is 0. The Morgan fingerprint density at radius 2 is 1.67 bits per heavy atom. The molecule has 0 spiro atoms. The Balaban J connectivity index is 0. The van der Waals surface area contributed by atoms with Gasteiger partial charge >= 0.3 is 0 Å². The van der Waals surface area contributed by atoms with E-state index in [0.29, 0.717) is 0 Å². The van der Waals surface area contributed by atoms with Crippen LogP contribution in [0.2, 0.25) is 0 Å². The first-order valence-electron chi connectivity index (χ1n) is 1.39. The fourth-order valence-corrected chi connectivity index (χ4v) is 0. The van der Waals surface area contributed by atoms with Crippen molar-refractivity contribution in [2.24, 2.45) is 0 Å². The van der Waals surface area contributed by atoms with Gasteiger partial charge in [-0.25, -0.2) is 0 Å². The summed E-state index contributed by atoms with van der Waals surface area (Å²) in [6, 6.07) is 0. The highest BCUT2D eigenvalue weighted by atomic mass is 31.0. The summed E-state index contributed by atoms with van der Waals surface area (Å²) in [6.45, 7) is 0.